The summed E-state index contributed by atoms with van der Waals surface area (Å²) in [4.78, 5) is 2.49. The van der Waals surface area contributed by atoms with Crippen LogP contribution in [0, 0.1) is 5.92 Å². The highest BCUT2D eigenvalue weighted by atomic mass is 16.5. The van der Waals surface area contributed by atoms with Crippen molar-refractivity contribution in [3.63, 3.8) is 0 Å². The molecule has 0 N–H and O–H groups in total. The monoisotopic (exact) mass is 155 g/mol. The van der Waals surface area contributed by atoms with Gasteiger partial charge in [-0.15, -0.1) is 0 Å². The third kappa shape index (κ3) is 0.926. The van der Waals surface area contributed by atoms with Crippen LogP contribution in [-0.4, -0.2) is 37.2 Å². The molecule has 0 aromatic heterocycles. The van der Waals surface area contributed by atoms with Crippen LogP contribution in [-0.2, 0) is 4.74 Å². The fourth-order valence-electron chi connectivity index (χ4n) is 2.51. The molecule has 1 spiro atoms. The number of likely N-dealkylation sites (tertiary alicyclic amines) is 1. The van der Waals surface area contributed by atoms with Gasteiger partial charge in [0.1, 0.15) is 0 Å². The number of hydrogen-bond acceptors (Lipinski definition) is 2. The quantitative estimate of drug-likeness (QED) is 0.519. The second-order valence-corrected chi connectivity index (χ2v) is 4.02. The van der Waals surface area contributed by atoms with E-state index in [4.69, 9.17) is 4.74 Å². The molecule has 64 valence electrons. The molecular formula is C9H17NO. The van der Waals surface area contributed by atoms with E-state index in [0.29, 0.717) is 5.54 Å². The molecule has 2 nitrogen and oxygen atoms in total. The average molecular weight is 155 g/mol. The van der Waals surface area contributed by atoms with Crippen LogP contribution in [0.4, 0.5) is 0 Å². The van der Waals surface area contributed by atoms with Gasteiger partial charge >= 0.3 is 0 Å². The lowest BCUT2D eigenvalue weighted by Gasteiger charge is -2.33. The van der Waals surface area contributed by atoms with Crippen LogP contribution in [0.3, 0.4) is 0 Å². The number of nitrogens with zero attached hydrogens (tertiary/aromatic N) is 1. The minimum Gasteiger partial charge on any atom is -0.379 e. The third-order valence-electron chi connectivity index (χ3n) is 3.61. The topological polar surface area (TPSA) is 12.5 Å². The molecule has 0 aromatic rings. The SMILES string of the molecule is CC1CCN(C)C12CCOC2. The molecule has 0 aromatic carbocycles. The van der Waals surface area contributed by atoms with Gasteiger partial charge < -0.3 is 4.74 Å². The summed E-state index contributed by atoms with van der Waals surface area (Å²) in [6.07, 6.45) is 2.59. The van der Waals surface area contributed by atoms with E-state index < -0.39 is 0 Å². The van der Waals surface area contributed by atoms with E-state index in [-0.39, 0.29) is 0 Å². The zero-order valence-electron chi connectivity index (χ0n) is 7.47. The Hall–Kier alpha value is -0.0800. The molecule has 2 unspecified atom stereocenters. The maximum atomic E-state index is 5.48. The van der Waals surface area contributed by atoms with E-state index in [1.165, 1.54) is 19.4 Å². The van der Waals surface area contributed by atoms with Gasteiger partial charge in [-0.05, 0) is 32.4 Å². The Morgan fingerprint density at radius 2 is 2.36 bits per heavy atom. The summed E-state index contributed by atoms with van der Waals surface area (Å²) in [6.45, 7) is 5.54. The Labute approximate surface area is 68.5 Å². The van der Waals surface area contributed by atoms with Crippen LogP contribution >= 0.6 is 0 Å². The smallest absolute Gasteiger partial charge is 0.0653 e. The lowest BCUT2D eigenvalue weighted by Crippen LogP contribution is -2.45. The summed E-state index contributed by atoms with van der Waals surface area (Å²) in [5, 5.41) is 0. The maximum Gasteiger partial charge on any atom is 0.0653 e. The van der Waals surface area contributed by atoms with Crippen LogP contribution in [0.2, 0.25) is 0 Å². The Kier molecular flexibility index (Phi) is 1.69. The van der Waals surface area contributed by atoms with Gasteiger partial charge in [-0.1, -0.05) is 6.92 Å². The Morgan fingerprint density at radius 3 is 2.82 bits per heavy atom. The fraction of sp³-hybridized carbons (Fsp3) is 1.00. The van der Waals surface area contributed by atoms with E-state index in [1.54, 1.807) is 0 Å². The van der Waals surface area contributed by atoms with Crippen LogP contribution in [0.1, 0.15) is 19.8 Å². The number of ether oxygens (including phenoxy) is 1. The van der Waals surface area contributed by atoms with Crippen LogP contribution in [0.25, 0.3) is 0 Å². The van der Waals surface area contributed by atoms with Crippen molar-refractivity contribution in [1.82, 2.24) is 4.90 Å². The van der Waals surface area contributed by atoms with E-state index in [0.717, 1.165) is 19.1 Å². The van der Waals surface area contributed by atoms with E-state index in [2.05, 4.69) is 18.9 Å². The molecule has 2 heteroatoms. The van der Waals surface area contributed by atoms with Gasteiger partial charge in [0.15, 0.2) is 0 Å². The molecule has 0 amide bonds. The predicted octanol–water partition coefficient (Wildman–Crippen LogP) is 1.12. The van der Waals surface area contributed by atoms with Gasteiger partial charge in [-0.2, -0.15) is 0 Å². The van der Waals surface area contributed by atoms with Crippen molar-refractivity contribution in [2.45, 2.75) is 25.3 Å². The number of hydrogen-bond donors (Lipinski definition) is 0. The summed E-state index contributed by atoms with van der Waals surface area (Å²) >= 11 is 0. The zero-order valence-corrected chi connectivity index (χ0v) is 7.47. The summed E-state index contributed by atoms with van der Waals surface area (Å²) in [7, 11) is 2.23. The molecule has 2 saturated heterocycles. The van der Waals surface area contributed by atoms with Gasteiger partial charge in [0.25, 0.3) is 0 Å². The van der Waals surface area contributed by atoms with E-state index in [1.807, 2.05) is 0 Å². The largest absolute Gasteiger partial charge is 0.379 e. The second-order valence-electron chi connectivity index (χ2n) is 4.02. The molecule has 2 fully saturated rings. The highest BCUT2D eigenvalue weighted by molar-refractivity contribution is 5.01. The highest BCUT2D eigenvalue weighted by Crippen LogP contribution is 2.39. The molecule has 2 rings (SSSR count). The molecule has 11 heavy (non-hydrogen) atoms. The summed E-state index contributed by atoms with van der Waals surface area (Å²) in [6, 6.07) is 0. The summed E-state index contributed by atoms with van der Waals surface area (Å²) in [5.74, 6) is 0.829. The molecule has 0 bridgehead atoms. The molecular weight excluding hydrogens is 138 g/mol. The molecule has 2 heterocycles. The van der Waals surface area contributed by atoms with Crippen LogP contribution < -0.4 is 0 Å². The number of likely N-dealkylation sites (N-methyl/N-ethyl adjacent to an activating group) is 1. The van der Waals surface area contributed by atoms with Gasteiger partial charge in [0.05, 0.1) is 6.61 Å². The lowest BCUT2D eigenvalue weighted by molar-refractivity contribution is 0.0975. The third-order valence-corrected chi connectivity index (χ3v) is 3.61. The minimum atomic E-state index is 0.417. The van der Waals surface area contributed by atoms with Crippen molar-refractivity contribution >= 4 is 0 Å². The van der Waals surface area contributed by atoms with E-state index in [9.17, 15) is 0 Å². The van der Waals surface area contributed by atoms with Crippen molar-refractivity contribution in [3.8, 4) is 0 Å². The fourth-order valence-corrected chi connectivity index (χ4v) is 2.51. The molecule has 2 aliphatic heterocycles. The average Bonchev–Trinajstić information content (AvgIpc) is 2.56. The van der Waals surface area contributed by atoms with Crippen molar-refractivity contribution in [3.05, 3.63) is 0 Å². The molecule has 2 atom stereocenters. The van der Waals surface area contributed by atoms with Crippen molar-refractivity contribution in [1.29, 1.82) is 0 Å². The predicted molar refractivity (Wildman–Crippen MR) is 44.6 cm³/mol. The van der Waals surface area contributed by atoms with Gasteiger partial charge in [-0.3, -0.25) is 4.90 Å². The standard InChI is InChI=1S/C9H17NO/c1-8-3-5-10(2)9(8)4-6-11-7-9/h8H,3-7H2,1-2H3. The van der Waals surface area contributed by atoms with Gasteiger partial charge in [-0.25, -0.2) is 0 Å². The number of rotatable bonds is 0. The molecule has 2 aliphatic rings. The first kappa shape index (κ1) is 7.56. The maximum absolute atomic E-state index is 5.48. The molecule has 0 radical (unpaired) electrons. The van der Waals surface area contributed by atoms with Gasteiger partial charge in [0.2, 0.25) is 0 Å². The van der Waals surface area contributed by atoms with Crippen molar-refractivity contribution < 1.29 is 4.74 Å². The second kappa shape index (κ2) is 2.46. The first-order valence-corrected chi connectivity index (χ1v) is 4.55. The van der Waals surface area contributed by atoms with Gasteiger partial charge in [0, 0.05) is 12.1 Å². The molecule has 0 aliphatic carbocycles. The summed E-state index contributed by atoms with van der Waals surface area (Å²) in [5.41, 5.74) is 0.417. The summed E-state index contributed by atoms with van der Waals surface area (Å²) < 4.78 is 5.48. The Balaban J connectivity index is 2.19. The van der Waals surface area contributed by atoms with E-state index >= 15 is 0 Å². The molecule has 0 saturated carbocycles. The lowest BCUT2D eigenvalue weighted by atomic mass is 9.86. The minimum absolute atomic E-state index is 0.417. The Morgan fingerprint density at radius 1 is 1.55 bits per heavy atom. The highest BCUT2D eigenvalue weighted by Gasteiger charge is 2.46. The first-order chi connectivity index (χ1) is 5.26. The Bertz CT molecular complexity index is 140. The van der Waals surface area contributed by atoms with Crippen LogP contribution in [0.5, 0.6) is 0 Å². The van der Waals surface area contributed by atoms with Crippen LogP contribution in [0.15, 0.2) is 0 Å². The first-order valence-electron chi connectivity index (χ1n) is 4.55. The normalized spacial score (nSPS) is 45.8. The zero-order chi connectivity index (χ0) is 7.90. The van der Waals surface area contributed by atoms with Crippen molar-refractivity contribution in [2.75, 3.05) is 26.8 Å². The van der Waals surface area contributed by atoms with Crippen molar-refractivity contribution in [2.24, 2.45) is 5.92 Å².